The maximum Gasteiger partial charge on any atom is 0.416 e. The molecule has 9 aromatic carbocycles. The first-order chi connectivity index (χ1) is 37.2. The smallest absolute Gasteiger partial charge is 0.306 e. The highest BCUT2D eigenvalue weighted by Crippen LogP contribution is 2.51. The van der Waals surface area contributed by atoms with Crippen LogP contribution in [0.15, 0.2) is 170 Å². The van der Waals surface area contributed by atoms with Crippen LogP contribution < -0.4 is 0 Å². The van der Waals surface area contributed by atoms with Crippen molar-refractivity contribution >= 4 is 87.2 Å². The van der Waals surface area contributed by atoms with Crippen molar-refractivity contribution in [1.29, 1.82) is 10.5 Å². The Morgan fingerprint density at radius 3 is 0.718 bits per heavy atom. The van der Waals surface area contributed by atoms with E-state index in [0.29, 0.717) is 67.9 Å². The van der Waals surface area contributed by atoms with E-state index in [0.717, 1.165) is 48.5 Å². The maximum absolute atomic E-state index is 14.8. The molecule has 0 spiro atoms. The molecule has 0 saturated carbocycles. The fraction of sp³-hybridized carbons (Fsp3) is 0.0667. The maximum atomic E-state index is 14.8. The first-order valence-electron chi connectivity index (χ1n) is 23.7. The number of hydrogen-bond donors (Lipinski definition) is 0. The second-order valence-electron chi connectivity index (χ2n) is 18.7. The van der Waals surface area contributed by atoms with E-state index in [2.05, 4.69) is 12.1 Å². The normalized spacial score (nSPS) is 12.8. The molecule has 0 saturated heterocycles. The van der Waals surface area contributed by atoms with Crippen LogP contribution in [0.25, 0.3) is 110 Å². The molecule has 4 aromatic heterocycles. The minimum absolute atomic E-state index is 0.147. The molecule has 78 heavy (non-hydrogen) atoms. The molecule has 13 aromatic rings. The van der Waals surface area contributed by atoms with Gasteiger partial charge >= 0.3 is 24.7 Å². The Bertz CT molecular complexity index is 4390. The molecule has 13 rings (SSSR count). The first-order valence-corrected chi connectivity index (χ1v) is 23.7. The highest BCUT2D eigenvalue weighted by atomic mass is 19.4. The molecule has 0 N–H and O–H groups in total. The quantitative estimate of drug-likeness (QED) is 0.165. The van der Waals surface area contributed by atoms with Crippen LogP contribution in [0.2, 0.25) is 0 Å². The summed E-state index contributed by atoms with van der Waals surface area (Å²) in [7, 11) is 0. The fourth-order valence-electron chi connectivity index (χ4n) is 11.3. The molecule has 0 atom stereocenters. The number of nitrogens with zero attached hydrogens (tertiary/aromatic N) is 6. The van der Waals surface area contributed by atoms with E-state index in [1.54, 1.807) is 106 Å². The molecule has 6 nitrogen and oxygen atoms in total. The summed E-state index contributed by atoms with van der Waals surface area (Å²) in [5, 5.41) is 25.3. The van der Waals surface area contributed by atoms with Crippen molar-refractivity contribution in [1.82, 2.24) is 18.3 Å². The lowest BCUT2D eigenvalue weighted by molar-refractivity contribution is -0.138. The van der Waals surface area contributed by atoms with Crippen LogP contribution in [0.3, 0.4) is 0 Å². The monoisotopic (exact) mass is 1060 g/mol. The van der Waals surface area contributed by atoms with Crippen molar-refractivity contribution in [2.75, 3.05) is 0 Å². The van der Waals surface area contributed by atoms with Crippen molar-refractivity contribution in [2.45, 2.75) is 24.7 Å². The van der Waals surface area contributed by atoms with E-state index in [1.165, 1.54) is 9.13 Å². The van der Waals surface area contributed by atoms with Crippen LogP contribution >= 0.6 is 0 Å². The lowest BCUT2D eigenvalue weighted by atomic mass is 9.98. The van der Waals surface area contributed by atoms with Gasteiger partial charge in [0.15, 0.2) is 0 Å². The number of fused-ring (bicyclic) bond motifs is 12. The van der Waals surface area contributed by atoms with Crippen molar-refractivity contribution in [3.63, 3.8) is 0 Å². The summed E-state index contributed by atoms with van der Waals surface area (Å²) in [5.41, 5.74) is -5.40. The highest BCUT2D eigenvalue weighted by Gasteiger charge is 2.39. The SMILES string of the molecule is N#Cc1c(-n2c3ccccc3c3ccccc32)c(C#N)c(-n2c3ccc(C(F)(F)F)cc3c3cc(C(F)(F)F)ccc32)c(-n2c3ccccc3c3ccccc32)c1-n1c2ccc(C(F)(F)F)cc2c2cc(C(F)(F)F)ccc21. The van der Waals surface area contributed by atoms with Gasteiger partial charge in [-0.25, -0.2) is 0 Å². The average molecular weight is 1060 g/mol. The Labute approximate surface area is 430 Å². The number of nitriles is 2. The number of benzene rings is 9. The summed E-state index contributed by atoms with van der Waals surface area (Å²) in [6, 6.07) is 42.2. The molecule has 0 aliphatic heterocycles. The van der Waals surface area contributed by atoms with Crippen LogP contribution in [0.1, 0.15) is 33.4 Å². The molecular formula is C60H28F12N6. The molecule has 4 heterocycles. The first kappa shape index (κ1) is 48.0. The molecule has 18 heteroatoms. The Balaban J connectivity index is 1.38. The molecule has 0 fully saturated rings. The van der Waals surface area contributed by atoms with Gasteiger partial charge in [0.1, 0.15) is 23.3 Å². The Morgan fingerprint density at radius 2 is 0.474 bits per heavy atom. The zero-order valence-electron chi connectivity index (χ0n) is 39.4. The van der Waals surface area contributed by atoms with Crippen LogP contribution in [-0.4, -0.2) is 18.3 Å². The summed E-state index contributed by atoms with van der Waals surface area (Å²) < 4.78 is 183. The van der Waals surface area contributed by atoms with Crippen molar-refractivity contribution in [3.8, 4) is 34.9 Å². The van der Waals surface area contributed by atoms with Gasteiger partial charge in [0, 0.05) is 43.1 Å². The third-order valence-corrected chi connectivity index (χ3v) is 14.5. The highest BCUT2D eigenvalue weighted by molar-refractivity contribution is 6.16. The second kappa shape index (κ2) is 16.4. The van der Waals surface area contributed by atoms with Gasteiger partial charge in [-0.05, 0) is 97.1 Å². The van der Waals surface area contributed by atoms with E-state index in [4.69, 9.17) is 0 Å². The lowest BCUT2D eigenvalue weighted by Gasteiger charge is -2.27. The molecule has 0 radical (unpaired) electrons. The van der Waals surface area contributed by atoms with Gasteiger partial charge in [-0.2, -0.15) is 63.2 Å². The molecular weight excluding hydrogens is 1030 g/mol. The summed E-state index contributed by atoms with van der Waals surface area (Å²) in [6.45, 7) is 0. The van der Waals surface area contributed by atoms with E-state index < -0.39 is 47.0 Å². The molecule has 0 bridgehead atoms. The van der Waals surface area contributed by atoms with Gasteiger partial charge in [0.2, 0.25) is 0 Å². The Morgan fingerprint density at radius 1 is 0.256 bits per heavy atom. The Kier molecular flexibility index (Phi) is 10.1. The minimum Gasteiger partial charge on any atom is -0.306 e. The van der Waals surface area contributed by atoms with Crippen LogP contribution in [0, 0.1) is 22.7 Å². The molecule has 0 amide bonds. The number of aromatic nitrogens is 4. The zero-order valence-corrected chi connectivity index (χ0v) is 39.4. The van der Waals surface area contributed by atoms with E-state index in [1.807, 2.05) is 0 Å². The number of halogens is 12. The largest absolute Gasteiger partial charge is 0.416 e. The van der Waals surface area contributed by atoms with Gasteiger partial charge in [0.25, 0.3) is 0 Å². The molecule has 0 unspecified atom stereocenters. The van der Waals surface area contributed by atoms with E-state index in [9.17, 15) is 63.2 Å². The van der Waals surface area contributed by atoms with Gasteiger partial charge in [0.05, 0.1) is 89.1 Å². The van der Waals surface area contributed by atoms with Gasteiger partial charge in [-0.15, -0.1) is 0 Å². The number of hydrogen-bond acceptors (Lipinski definition) is 2. The molecule has 0 aliphatic carbocycles. The predicted molar refractivity (Wildman–Crippen MR) is 273 cm³/mol. The molecule has 0 aliphatic rings. The summed E-state index contributed by atoms with van der Waals surface area (Å²) in [5.74, 6) is 0. The Hall–Kier alpha value is -9.68. The van der Waals surface area contributed by atoms with E-state index in [-0.39, 0.29) is 77.5 Å². The van der Waals surface area contributed by atoms with Gasteiger partial charge in [-0.1, -0.05) is 72.8 Å². The van der Waals surface area contributed by atoms with Crippen molar-refractivity contribution in [2.24, 2.45) is 0 Å². The lowest BCUT2D eigenvalue weighted by Crippen LogP contribution is -2.17. The minimum atomic E-state index is -5.00. The number of para-hydroxylation sites is 4. The third-order valence-electron chi connectivity index (χ3n) is 14.5. The standard InChI is InChI=1S/C60H28F12N6/c61-57(62,63)31-17-21-49-39(25-31)40-26-32(58(64,65)66)18-22-50(40)76(49)54-43(29-73)53(75-45-13-5-1-9-35(45)36-10-2-6-14-46(36)75)44(30-74)55(56(54)78-47-15-7-3-11-37(47)38-12-4-8-16-48(38)78)77-51-23-19-33(59(67,68)69)27-41(51)42-28-34(60(70,71)72)20-24-52(42)77/h1-28H. The predicted octanol–water partition coefficient (Wildman–Crippen LogP) is 17.9. The topological polar surface area (TPSA) is 67.3 Å². The number of rotatable bonds is 4. The summed E-state index contributed by atoms with van der Waals surface area (Å²) in [6.07, 6.45) is -20.0. The van der Waals surface area contributed by atoms with Crippen LogP contribution in [0.4, 0.5) is 52.7 Å². The van der Waals surface area contributed by atoms with Crippen LogP contribution in [-0.2, 0) is 24.7 Å². The summed E-state index contributed by atoms with van der Waals surface area (Å²) >= 11 is 0. The van der Waals surface area contributed by atoms with Crippen molar-refractivity contribution < 1.29 is 52.7 Å². The fourth-order valence-corrected chi connectivity index (χ4v) is 11.3. The summed E-state index contributed by atoms with van der Waals surface area (Å²) in [4.78, 5) is 0. The second-order valence-corrected chi connectivity index (χ2v) is 18.7. The average Bonchev–Trinajstić information content (AvgIpc) is 3.39. The van der Waals surface area contributed by atoms with Gasteiger partial charge in [-0.3, -0.25) is 0 Å². The third kappa shape index (κ3) is 6.91. The number of alkyl halides is 12. The van der Waals surface area contributed by atoms with Crippen LogP contribution in [0.5, 0.6) is 0 Å². The molecule has 382 valence electrons. The van der Waals surface area contributed by atoms with Crippen molar-refractivity contribution in [3.05, 3.63) is 203 Å². The van der Waals surface area contributed by atoms with Gasteiger partial charge < -0.3 is 18.3 Å². The van der Waals surface area contributed by atoms with E-state index >= 15 is 0 Å². The zero-order chi connectivity index (χ0) is 54.5.